The Morgan fingerprint density at radius 1 is 1.47 bits per heavy atom. The second-order valence-corrected chi connectivity index (χ2v) is 3.79. The van der Waals surface area contributed by atoms with E-state index in [1.165, 1.54) is 0 Å². The predicted octanol–water partition coefficient (Wildman–Crippen LogP) is 1.23. The Morgan fingerprint density at radius 2 is 2.24 bits per heavy atom. The zero-order chi connectivity index (χ0) is 12.3. The molecule has 5 nitrogen and oxygen atoms in total. The molecule has 0 fully saturated rings. The standard InChI is InChI=1S/C12H14N4O/c1-8-9(7-15-16-8)6-14-12(17)10-4-2-3-5-11(10)13/h2-5,7H,6,13H2,1H3,(H,14,17)(H,15,16). The van der Waals surface area contributed by atoms with E-state index in [0.29, 0.717) is 17.8 Å². The number of hydrogen-bond acceptors (Lipinski definition) is 3. The Hall–Kier alpha value is -2.30. The van der Waals surface area contributed by atoms with Gasteiger partial charge in [-0.2, -0.15) is 5.10 Å². The minimum atomic E-state index is -0.177. The molecule has 1 aromatic carbocycles. The highest BCUT2D eigenvalue weighted by atomic mass is 16.1. The van der Waals surface area contributed by atoms with Crippen molar-refractivity contribution in [1.82, 2.24) is 15.5 Å². The number of benzene rings is 1. The normalized spacial score (nSPS) is 10.2. The summed E-state index contributed by atoms with van der Waals surface area (Å²) in [5, 5.41) is 9.51. The first-order valence-corrected chi connectivity index (χ1v) is 5.30. The summed E-state index contributed by atoms with van der Waals surface area (Å²) < 4.78 is 0. The van der Waals surface area contributed by atoms with Crippen molar-refractivity contribution in [3.8, 4) is 0 Å². The third kappa shape index (κ3) is 2.44. The maximum Gasteiger partial charge on any atom is 0.253 e. The summed E-state index contributed by atoms with van der Waals surface area (Å²) in [6.07, 6.45) is 1.70. The molecule has 0 atom stereocenters. The molecule has 1 aromatic heterocycles. The van der Waals surface area contributed by atoms with E-state index in [1.54, 1.807) is 30.5 Å². The number of rotatable bonds is 3. The van der Waals surface area contributed by atoms with Gasteiger partial charge in [0.1, 0.15) is 0 Å². The number of amides is 1. The molecule has 88 valence electrons. The lowest BCUT2D eigenvalue weighted by Gasteiger charge is -2.06. The number of hydrogen-bond donors (Lipinski definition) is 3. The minimum absolute atomic E-state index is 0.177. The number of carbonyl (C=O) groups excluding carboxylic acids is 1. The average molecular weight is 230 g/mol. The molecule has 0 spiro atoms. The number of aromatic amines is 1. The summed E-state index contributed by atoms with van der Waals surface area (Å²) in [5.74, 6) is -0.177. The van der Waals surface area contributed by atoms with Gasteiger partial charge in [0.15, 0.2) is 0 Å². The smallest absolute Gasteiger partial charge is 0.253 e. The number of nitrogens with zero attached hydrogens (tertiary/aromatic N) is 1. The lowest BCUT2D eigenvalue weighted by atomic mass is 10.1. The predicted molar refractivity (Wildman–Crippen MR) is 65.3 cm³/mol. The molecule has 0 aliphatic heterocycles. The number of anilines is 1. The molecule has 0 saturated heterocycles. The van der Waals surface area contributed by atoms with E-state index in [2.05, 4.69) is 15.5 Å². The summed E-state index contributed by atoms with van der Waals surface area (Å²) in [6.45, 7) is 2.35. The van der Waals surface area contributed by atoms with Crippen LogP contribution in [-0.4, -0.2) is 16.1 Å². The van der Waals surface area contributed by atoms with Crippen LogP contribution in [-0.2, 0) is 6.54 Å². The van der Waals surface area contributed by atoms with Crippen molar-refractivity contribution >= 4 is 11.6 Å². The van der Waals surface area contributed by atoms with Gasteiger partial charge >= 0.3 is 0 Å². The highest BCUT2D eigenvalue weighted by Crippen LogP contribution is 2.10. The van der Waals surface area contributed by atoms with Gasteiger partial charge < -0.3 is 11.1 Å². The van der Waals surface area contributed by atoms with Gasteiger partial charge in [-0.3, -0.25) is 9.89 Å². The second kappa shape index (κ2) is 4.69. The number of carbonyl (C=O) groups is 1. The third-order valence-electron chi connectivity index (χ3n) is 2.58. The van der Waals surface area contributed by atoms with Crippen LogP contribution in [0.3, 0.4) is 0 Å². The molecule has 0 radical (unpaired) electrons. The van der Waals surface area contributed by atoms with Crippen molar-refractivity contribution in [2.45, 2.75) is 13.5 Å². The van der Waals surface area contributed by atoms with E-state index < -0.39 is 0 Å². The van der Waals surface area contributed by atoms with E-state index in [4.69, 9.17) is 5.73 Å². The summed E-state index contributed by atoms with van der Waals surface area (Å²) >= 11 is 0. The van der Waals surface area contributed by atoms with Gasteiger partial charge in [-0.25, -0.2) is 0 Å². The molecule has 0 unspecified atom stereocenters. The topological polar surface area (TPSA) is 83.8 Å². The molecular weight excluding hydrogens is 216 g/mol. The van der Waals surface area contributed by atoms with Crippen molar-refractivity contribution in [2.75, 3.05) is 5.73 Å². The fourth-order valence-corrected chi connectivity index (χ4v) is 1.53. The maximum atomic E-state index is 11.9. The highest BCUT2D eigenvalue weighted by Gasteiger charge is 2.09. The van der Waals surface area contributed by atoms with Crippen LogP contribution >= 0.6 is 0 Å². The summed E-state index contributed by atoms with van der Waals surface area (Å²) in [7, 11) is 0. The SMILES string of the molecule is Cc1[nH]ncc1CNC(=O)c1ccccc1N. The van der Waals surface area contributed by atoms with Gasteiger partial charge in [0.25, 0.3) is 5.91 Å². The van der Waals surface area contributed by atoms with Gasteiger partial charge in [0, 0.05) is 23.5 Å². The fraction of sp³-hybridized carbons (Fsp3) is 0.167. The van der Waals surface area contributed by atoms with Gasteiger partial charge in [0.05, 0.1) is 11.8 Å². The Bertz CT molecular complexity index is 533. The molecule has 5 heteroatoms. The number of para-hydroxylation sites is 1. The van der Waals surface area contributed by atoms with Crippen molar-refractivity contribution in [3.63, 3.8) is 0 Å². The number of H-pyrrole nitrogens is 1. The number of nitrogens with two attached hydrogens (primary N) is 1. The second-order valence-electron chi connectivity index (χ2n) is 3.79. The molecule has 0 bridgehead atoms. The van der Waals surface area contributed by atoms with Crippen LogP contribution in [0.5, 0.6) is 0 Å². The first-order valence-electron chi connectivity index (χ1n) is 5.30. The maximum absolute atomic E-state index is 11.9. The third-order valence-corrected chi connectivity index (χ3v) is 2.58. The van der Waals surface area contributed by atoms with Crippen LogP contribution in [0.1, 0.15) is 21.6 Å². The Balaban J connectivity index is 2.04. The van der Waals surface area contributed by atoms with Gasteiger partial charge in [-0.1, -0.05) is 12.1 Å². The van der Waals surface area contributed by atoms with Crippen LogP contribution in [0.25, 0.3) is 0 Å². The molecule has 1 heterocycles. The highest BCUT2D eigenvalue weighted by molar-refractivity contribution is 5.98. The molecule has 0 aliphatic rings. The summed E-state index contributed by atoms with van der Waals surface area (Å²) in [6, 6.07) is 6.99. The molecular formula is C12H14N4O. The van der Waals surface area contributed by atoms with Crippen molar-refractivity contribution in [2.24, 2.45) is 0 Å². The van der Waals surface area contributed by atoms with E-state index in [-0.39, 0.29) is 5.91 Å². The summed E-state index contributed by atoms with van der Waals surface area (Å²) in [4.78, 5) is 11.9. The van der Waals surface area contributed by atoms with E-state index in [9.17, 15) is 4.79 Å². The monoisotopic (exact) mass is 230 g/mol. The van der Waals surface area contributed by atoms with Gasteiger partial charge in [-0.15, -0.1) is 0 Å². The number of aryl methyl sites for hydroxylation is 1. The largest absolute Gasteiger partial charge is 0.398 e. The first kappa shape index (κ1) is 11.2. The quantitative estimate of drug-likeness (QED) is 0.693. The van der Waals surface area contributed by atoms with Crippen LogP contribution in [0, 0.1) is 6.92 Å². The number of nitrogens with one attached hydrogen (secondary N) is 2. The van der Waals surface area contributed by atoms with Crippen molar-refractivity contribution in [1.29, 1.82) is 0 Å². The minimum Gasteiger partial charge on any atom is -0.398 e. The van der Waals surface area contributed by atoms with Crippen LogP contribution in [0.2, 0.25) is 0 Å². The van der Waals surface area contributed by atoms with Crippen molar-refractivity contribution < 1.29 is 4.79 Å². The fourth-order valence-electron chi connectivity index (χ4n) is 1.53. The molecule has 2 rings (SSSR count). The molecule has 0 aliphatic carbocycles. The molecule has 0 saturated carbocycles. The first-order chi connectivity index (χ1) is 8.18. The summed E-state index contributed by atoms with van der Waals surface area (Å²) in [5.41, 5.74) is 8.61. The molecule has 17 heavy (non-hydrogen) atoms. The van der Waals surface area contributed by atoms with Gasteiger partial charge in [-0.05, 0) is 19.1 Å². The number of aromatic nitrogens is 2. The Labute approximate surface area is 99.0 Å². The van der Waals surface area contributed by atoms with Gasteiger partial charge in [0.2, 0.25) is 0 Å². The van der Waals surface area contributed by atoms with E-state index in [1.807, 2.05) is 6.92 Å². The molecule has 4 N–H and O–H groups in total. The zero-order valence-electron chi connectivity index (χ0n) is 9.53. The number of nitrogen functional groups attached to an aromatic ring is 1. The van der Waals surface area contributed by atoms with Crippen molar-refractivity contribution in [3.05, 3.63) is 47.3 Å². The van der Waals surface area contributed by atoms with Crippen LogP contribution < -0.4 is 11.1 Å². The zero-order valence-corrected chi connectivity index (χ0v) is 9.53. The molecule has 1 amide bonds. The molecule has 2 aromatic rings. The van der Waals surface area contributed by atoms with E-state index in [0.717, 1.165) is 11.3 Å². The lowest BCUT2D eigenvalue weighted by Crippen LogP contribution is -2.23. The van der Waals surface area contributed by atoms with Crippen LogP contribution in [0.15, 0.2) is 30.5 Å². The Kier molecular flexibility index (Phi) is 3.09. The Morgan fingerprint density at radius 3 is 2.88 bits per heavy atom. The van der Waals surface area contributed by atoms with E-state index >= 15 is 0 Å². The van der Waals surface area contributed by atoms with Crippen LogP contribution in [0.4, 0.5) is 5.69 Å². The lowest BCUT2D eigenvalue weighted by molar-refractivity contribution is 0.0952. The average Bonchev–Trinajstić information content (AvgIpc) is 2.72.